The highest BCUT2D eigenvalue weighted by Crippen LogP contribution is 2.64. The van der Waals surface area contributed by atoms with Gasteiger partial charge in [0.2, 0.25) is 17.7 Å². The number of hydrogen-bond acceptors (Lipinski definition) is 5. The van der Waals surface area contributed by atoms with E-state index >= 15 is 0 Å². The minimum Gasteiger partial charge on any atom is -0.395 e. The number of aliphatic hydroxyl groups excluding tert-OH is 1. The van der Waals surface area contributed by atoms with Crippen molar-refractivity contribution in [2.45, 2.75) is 63.3 Å². The summed E-state index contributed by atoms with van der Waals surface area (Å²) in [4.78, 5) is 41.6. The second kappa shape index (κ2) is 8.83. The van der Waals surface area contributed by atoms with E-state index in [4.69, 9.17) is 4.74 Å². The minimum absolute atomic E-state index is 0.0340. The van der Waals surface area contributed by atoms with E-state index in [2.05, 4.69) is 10.6 Å². The molecule has 2 unspecified atom stereocenters. The van der Waals surface area contributed by atoms with Crippen LogP contribution in [0.1, 0.15) is 45.1 Å². The first-order valence-corrected chi connectivity index (χ1v) is 11.6. The summed E-state index contributed by atoms with van der Waals surface area (Å²) in [7, 11) is 0. The maximum absolute atomic E-state index is 13.6. The summed E-state index contributed by atoms with van der Waals surface area (Å²) >= 11 is 0. The molecule has 8 heteroatoms. The summed E-state index contributed by atoms with van der Waals surface area (Å²) in [6, 6.07) is 8.69. The number of hydrogen-bond donors (Lipinski definition) is 3. The number of rotatable bonds is 9. The highest BCUT2D eigenvalue weighted by atomic mass is 16.5. The second-order valence-electron chi connectivity index (χ2n) is 9.08. The topological polar surface area (TPSA) is 108 Å². The molecule has 3 aliphatic rings. The Bertz CT molecular complexity index is 878. The lowest BCUT2D eigenvalue weighted by Crippen LogP contribution is -2.55. The molecule has 3 saturated heterocycles. The highest BCUT2D eigenvalue weighted by molar-refractivity contribution is 5.99. The van der Waals surface area contributed by atoms with Crippen LogP contribution in [0.15, 0.2) is 30.3 Å². The van der Waals surface area contributed by atoms with Crippen molar-refractivity contribution in [1.29, 1.82) is 0 Å². The summed E-state index contributed by atoms with van der Waals surface area (Å²) in [6.07, 6.45) is 2.57. The number of β-amino-alcohol motifs (C(OH)–C–C–N with tert-alkyl or cyclic N) is 1. The molecule has 3 N–H and O–H groups in total. The molecule has 0 radical (unpaired) electrons. The van der Waals surface area contributed by atoms with Gasteiger partial charge in [-0.2, -0.15) is 0 Å². The number of amides is 3. The number of carbonyl (C=O) groups is 3. The van der Waals surface area contributed by atoms with Crippen molar-refractivity contribution in [2.75, 3.05) is 19.7 Å². The molecule has 0 saturated carbocycles. The molecule has 0 aliphatic carbocycles. The molecule has 3 amide bonds. The lowest BCUT2D eigenvalue weighted by atomic mass is 9.65. The van der Waals surface area contributed by atoms with Crippen LogP contribution in [0.3, 0.4) is 0 Å². The Hall–Kier alpha value is -2.45. The lowest BCUT2D eigenvalue weighted by Gasteiger charge is -2.33. The van der Waals surface area contributed by atoms with Crippen molar-refractivity contribution in [3.63, 3.8) is 0 Å². The van der Waals surface area contributed by atoms with Crippen molar-refractivity contribution in [3.05, 3.63) is 35.9 Å². The van der Waals surface area contributed by atoms with Gasteiger partial charge in [-0.3, -0.25) is 14.4 Å². The molecule has 8 nitrogen and oxygen atoms in total. The van der Waals surface area contributed by atoms with Crippen LogP contribution in [0.5, 0.6) is 0 Å². The van der Waals surface area contributed by atoms with E-state index in [1.807, 2.05) is 44.2 Å². The fourth-order valence-electron chi connectivity index (χ4n) is 6.00. The number of benzene rings is 1. The predicted octanol–water partition coefficient (Wildman–Crippen LogP) is 0.976. The molecule has 3 heterocycles. The summed E-state index contributed by atoms with van der Waals surface area (Å²) in [5.41, 5.74) is -0.829. The zero-order chi connectivity index (χ0) is 22.9. The Morgan fingerprint density at radius 2 is 1.91 bits per heavy atom. The fourth-order valence-corrected chi connectivity index (χ4v) is 6.00. The third kappa shape index (κ3) is 3.40. The van der Waals surface area contributed by atoms with E-state index in [9.17, 15) is 19.5 Å². The van der Waals surface area contributed by atoms with Crippen molar-refractivity contribution in [3.8, 4) is 0 Å². The molecular formula is C24H33N3O5. The van der Waals surface area contributed by atoms with Gasteiger partial charge in [0.25, 0.3) is 0 Å². The van der Waals surface area contributed by atoms with Crippen LogP contribution in [0.4, 0.5) is 0 Å². The summed E-state index contributed by atoms with van der Waals surface area (Å²) < 4.78 is 6.60. The van der Waals surface area contributed by atoms with Gasteiger partial charge in [0.1, 0.15) is 11.6 Å². The molecule has 174 valence electrons. The average Bonchev–Trinajstić information content (AvgIpc) is 3.41. The van der Waals surface area contributed by atoms with E-state index in [1.54, 1.807) is 0 Å². The molecule has 1 aromatic carbocycles. The lowest BCUT2D eigenvalue weighted by molar-refractivity contribution is -0.148. The van der Waals surface area contributed by atoms with Crippen LogP contribution in [0.25, 0.3) is 0 Å². The van der Waals surface area contributed by atoms with Crippen LogP contribution in [0.2, 0.25) is 0 Å². The molecule has 0 aromatic heterocycles. The van der Waals surface area contributed by atoms with Crippen molar-refractivity contribution in [2.24, 2.45) is 11.8 Å². The normalized spacial score (nSPS) is 32.8. The van der Waals surface area contributed by atoms with E-state index in [1.165, 1.54) is 4.90 Å². The Labute approximate surface area is 188 Å². The highest BCUT2D eigenvalue weighted by Gasteiger charge is 2.78. The fraction of sp³-hybridized carbons (Fsp3) is 0.625. The zero-order valence-electron chi connectivity index (χ0n) is 18.8. The number of carbonyl (C=O) groups excluding carboxylic acids is 3. The van der Waals surface area contributed by atoms with Crippen molar-refractivity contribution in [1.82, 2.24) is 15.5 Å². The van der Waals surface area contributed by atoms with Gasteiger partial charge in [-0.15, -0.1) is 0 Å². The number of aliphatic hydroxyl groups is 1. The van der Waals surface area contributed by atoms with Crippen molar-refractivity contribution >= 4 is 17.7 Å². The Morgan fingerprint density at radius 1 is 1.16 bits per heavy atom. The molecule has 4 rings (SSSR count). The Balaban J connectivity index is 1.66. The average molecular weight is 444 g/mol. The molecule has 1 aromatic rings. The summed E-state index contributed by atoms with van der Waals surface area (Å²) in [5.74, 6) is -2.10. The standard InChI is InChI=1S/C24H33N3O5/c1-3-12-25-20(29)17-18-22(31)27(13-14-28)19(24(18)11-10-23(17,4-2)32-24)21(30)26-15-16-8-6-5-7-9-16/h5-9,17-19,28H,3-4,10-15H2,1-2H3,(H,25,29)(H,26,30)/t17-,18+,19?,23+,24?/m1/s1. The first kappa shape index (κ1) is 22.7. The van der Waals surface area contributed by atoms with E-state index in [0.717, 1.165) is 12.0 Å². The largest absolute Gasteiger partial charge is 0.395 e. The Kier molecular flexibility index (Phi) is 6.27. The van der Waals surface area contributed by atoms with Crippen LogP contribution < -0.4 is 10.6 Å². The third-order valence-electron chi connectivity index (χ3n) is 7.41. The van der Waals surface area contributed by atoms with E-state index < -0.39 is 29.1 Å². The van der Waals surface area contributed by atoms with E-state index in [-0.39, 0.29) is 30.9 Å². The number of likely N-dealkylation sites (tertiary alicyclic amines) is 1. The van der Waals surface area contributed by atoms with Crippen molar-refractivity contribution < 1.29 is 24.2 Å². The Morgan fingerprint density at radius 3 is 2.56 bits per heavy atom. The van der Waals surface area contributed by atoms with Gasteiger partial charge in [-0.05, 0) is 31.2 Å². The minimum atomic E-state index is -1.04. The number of nitrogens with zero attached hydrogens (tertiary/aromatic N) is 1. The first-order valence-electron chi connectivity index (χ1n) is 11.6. The van der Waals surface area contributed by atoms with Gasteiger partial charge < -0.3 is 25.4 Å². The smallest absolute Gasteiger partial charge is 0.246 e. The quantitative estimate of drug-likeness (QED) is 0.527. The van der Waals surface area contributed by atoms with Crippen LogP contribution in [0, 0.1) is 11.8 Å². The van der Waals surface area contributed by atoms with Crippen LogP contribution in [-0.2, 0) is 25.7 Å². The molecule has 3 fully saturated rings. The van der Waals surface area contributed by atoms with Gasteiger partial charge in [-0.25, -0.2) is 0 Å². The SMILES string of the molecule is CCCNC(=O)[C@H]1[C@H]2C(=O)N(CCO)C(C(=O)NCc3ccccc3)C23CC[C@]1(CC)O3. The number of fused-ring (bicyclic) bond motifs is 1. The second-order valence-corrected chi connectivity index (χ2v) is 9.08. The zero-order valence-corrected chi connectivity index (χ0v) is 18.8. The predicted molar refractivity (Wildman–Crippen MR) is 117 cm³/mol. The molecular weight excluding hydrogens is 410 g/mol. The van der Waals surface area contributed by atoms with Crippen LogP contribution in [-0.4, -0.2) is 64.7 Å². The number of nitrogens with one attached hydrogen (secondary N) is 2. The molecule has 32 heavy (non-hydrogen) atoms. The monoisotopic (exact) mass is 443 g/mol. The molecule has 1 spiro atoms. The maximum atomic E-state index is 13.6. The summed E-state index contributed by atoms with van der Waals surface area (Å²) in [6.45, 7) is 4.59. The molecule has 5 atom stereocenters. The van der Waals surface area contributed by atoms with Gasteiger partial charge in [0.05, 0.1) is 24.0 Å². The third-order valence-corrected chi connectivity index (χ3v) is 7.41. The summed E-state index contributed by atoms with van der Waals surface area (Å²) in [5, 5.41) is 15.5. The molecule has 3 aliphatic heterocycles. The maximum Gasteiger partial charge on any atom is 0.246 e. The van der Waals surface area contributed by atoms with Gasteiger partial charge in [0.15, 0.2) is 0 Å². The van der Waals surface area contributed by atoms with Gasteiger partial charge >= 0.3 is 0 Å². The van der Waals surface area contributed by atoms with Gasteiger partial charge in [-0.1, -0.05) is 44.2 Å². The first-order chi connectivity index (χ1) is 15.4. The van der Waals surface area contributed by atoms with Gasteiger partial charge in [0, 0.05) is 19.6 Å². The van der Waals surface area contributed by atoms with E-state index in [0.29, 0.717) is 32.4 Å². The van der Waals surface area contributed by atoms with Crippen LogP contribution >= 0.6 is 0 Å². The molecule has 2 bridgehead atoms. The number of ether oxygens (including phenoxy) is 1.